The summed E-state index contributed by atoms with van der Waals surface area (Å²) in [5.41, 5.74) is 0.930. The van der Waals surface area contributed by atoms with E-state index in [0.29, 0.717) is 30.2 Å². The van der Waals surface area contributed by atoms with Crippen LogP contribution in [0, 0.1) is 0 Å². The number of rotatable bonds is 4. The monoisotopic (exact) mass is 407 g/mol. The molecular weight excluding hydrogens is 390 g/mol. The maximum atomic E-state index is 12.4. The lowest BCUT2D eigenvalue weighted by atomic mass is 9.74. The smallest absolute Gasteiger partial charge is 0.287 e. The third-order valence-electron chi connectivity index (χ3n) is 4.82. The molecule has 1 aromatic heterocycles. The number of amides is 1. The summed E-state index contributed by atoms with van der Waals surface area (Å²) >= 11 is 3.22. The Kier molecular flexibility index (Phi) is 4.43. The Hall–Kier alpha value is -1.99. The zero-order chi connectivity index (χ0) is 17.3. The Morgan fingerprint density at radius 2 is 1.92 bits per heavy atom. The molecule has 6 nitrogen and oxygen atoms in total. The van der Waals surface area contributed by atoms with Gasteiger partial charge in [-0.3, -0.25) is 4.79 Å². The van der Waals surface area contributed by atoms with E-state index in [1.165, 1.54) is 0 Å². The summed E-state index contributed by atoms with van der Waals surface area (Å²) in [6.45, 7) is 2.08. The molecule has 132 valence electrons. The number of fused-ring (bicyclic) bond motifs is 1. The van der Waals surface area contributed by atoms with Crippen LogP contribution in [0.4, 0.5) is 0 Å². The molecule has 0 saturated carbocycles. The second-order valence-electron chi connectivity index (χ2n) is 6.25. The Bertz CT molecular complexity index is 782. The van der Waals surface area contributed by atoms with Crippen molar-refractivity contribution in [2.75, 3.05) is 26.6 Å². The van der Waals surface area contributed by atoms with Gasteiger partial charge in [0, 0.05) is 25.2 Å². The van der Waals surface area contributed by atoms with Crippen LogP contribution in [0.3, 0.4) is 0 Å². The highest BCUT2D eigenvalue weighted by Gasteiger charge is 2.36. The minimum absolute atomic E-state index is 0.196. The van der Waals surface area contributed by atoms with Gasteiger partial charge in [-0.15, -0.1) is 0 Å². The van der Waals surface area contributed by atoms with E-state index >= 15 is 0 Å². The Morgan fingerprint density at radius 1 is 1.12 bits per heavy atom. The Labute approximate surface area is 153 Å². The topological polar surface area (TPSA) is 69.9 Å². The number of ether oxygens (including phenoxy) is 3. The summed E-state index contributed by atoms with van der Waals surface area (Å²) in [4.78, 5) is 12.4. The van der Waals surface area contributed by atoms with Crippen LogP contribution in [0.15, 0.2) is 39.4 Å². The lowest BCUT2D eigenvalue weighted by Gasteiger charge is -2.38. The lowest BCUT2D eigenvalue weighted by molar-refractivity contribution is 0.0484. The van der Waals surface area contributed by atoms with Gasteiger partial charge in [-0.1, -0.05) is 6.07 Å². The number of carbonyl (C=O) groups is 1. The van der Waals surface area contributed by atoms with Crippen LogP contribution in [-0.4, -0.2) is 32.5 Å². The highest BCUT2D eigenvalue weighted by Crippen LogP contribution is 2.40. The van der Waals surface area contributed by atoms with Crippen molar-refractivity contribution in [2.24, 2.45) is 0 Å². The predicted octanol–water partition coefficient (Wildman–Crippen LogP) is 3.25. The number of hydrogen-bond donors (Lipinski definition) is 1. The third-order valence-corrected chi connectivity index (χ3v) is 5.25. The quantitative estimate of drug-likeness (QED) is 0.841. The van der Waals surface area contributed by atoms with Gasteiger partial charge in [0.05, 0.1) is 0 Å². The van der Waals surface area contributed by atoms with Crippen molar-refractivity contribution in [1.82, 2.24) is 5.32 Å². The predicted molar refractivity (Wildman–Crippen MR) is 93.0 cm³/mol. The van der Waals surface area contributed by atoms with E-state index in [-0.39, 0.29) is 18.1 Å². The zero-order valence-corrected chi connectivity index (χ0v) is 15.1. The Morgan fingerprint density at radius 3 is 2.68 bits per heavy atom. The van der Waals surface area contributed by atoms with Crippen molar-refractivity contribution in [3.63, 3.8) is 0 Å². The molecule has 0 unspecified atom stereocenters. The minimum Gasteiger partial charge on any atom is -0.454 e. The van der Waals surface area contributed by atoms with Gasteiger partial charge in [0.2, 0.25) is 6.79 Å². The molecule has 1 N–H and O–H groups in total. The van der Waals surface area contributed by atoms with E-state index in [0.717, 1.165) is 29.9 Å². The molecule has 3 heterocycles. The fraction of sp³-hybridized carbons (Fsp3) is 0.389. The molecule has 0 spiro atoms. The maximum absolute atomic E-state index is 12.4. The lowest BCUT2D eigenvalue weighted by Crippen LogP contribution is -2.44. The van der Waals surface area contributed by atoms with Crippen LogP contribution >= 0.6 is 15.9 Å². The van der Waals surface area contributed by atoms with Crippen LogP contribution in [-0.2, 0) is 10.2 Å². The summed E-state index contributed by atoms with van der Waals surface area (Å²) in [5.74, 6) is 1.58. The van der Waals surface area contributed by atoms with Crippen molar-refractivity contribution in [3.8, 4) is 11.5 Å². The second kappa shape index (κ2) is 6.72. The molecule has 0 aliphatic carbocycles. The van der Waals surface area contributed by atoms with Crippen LogP contribution in [0.1, 0.15) is 29.0 Å². The standard InChI is InChI=1S/C18H18BrNO5/c19-16-4-3-14(25-16)17(21)20-10-18(5-7-22-8-6-18)12-1-2-13-15(9-12)24-11-23-13/h1-4,9H,5-8,10-11H2,(H,20,21). The normalized spacial score (nSPS) is 18.1. The van der Waals surface area contributed by atoms with E-state index in [2.05, 4.69) is 27.3 Å². The minimum atomic E-state index is -0.225. The van der Waals surface area contributed by atoms with Crippen LogP contribution in [0.25, 0.3) is 0 Å². The van der Waals surface area contributed by atoms with Gasteiger partial charge in [0.15, 0.2) is 21.9 Å². The van der Waals surface area contributed by atoms with Gasteiger partial charge in [0.1, 0.15) is 0 Å². The fourth-order valence-electron chi connectivity index (χ4n) is 3.33. The van der Waals surface area contributed by atoms with E-state index in [1.807, 2.05) is 12.1 Å². The third kappa shape index (κ3) is 3.26. The summed E-state index contributed by atoms with van der Waals surface area (Å²) in [7, 11) is 0. The highest BCUT2D eigenvalue weighted by atomic mass is 79.9. The van der Waals surface area contributed by atoms with Crippen LogP contribution in [0.5, 0.6) is 11.5 Å². The molecule has 0 radical (unpaired) electrons. The molecule has 1 saturated heterocycles. The first-order valence-corrected chi connectivity index (χ1v) is 8.97. The molecular formula is C18H18BrNO5. The molecule has 1 amide bonds. The second-order valence-corrected chi connectivity index (χ2v) is 7.03. The molecule has 0 bridgehead atoms. The summed E-state index contributed by atoms with van der Waals surface area (Å²) in [5, 5.41) is 3.01. The molecule has 7 heteroatoms. The molecule has 25 heavy (non-hydrogen) atoms. The van der Waals surface area contributed by atoms with Crippen molar-refractivity contribution in [1.29, 1.82) is 0 Å². The average molecular weight is 408 g/mol. The molecule has 2 aliphatic heterocycles. The zero-order valence-electron chi connectivity index (χ0n) is 13.5. The number of carbonyl (C=O) groups excluding carboxylic acids is 1. The molecule has 4 rings (SSSR count). The number of furan rings is 1. The van der Waals surface area contributed by atoms with Crippen molar-refractivity contribution in [3.05, 3.63) is 46.3 Å². The summed E-state index contributed by atoms with van der Waals surface area (Å²) in [6, 6.07) is 9.35. The fourth-order valence-corrected chi connectivity index (χ4v) is 3.64. The van der Waals surface area contributed by atoms with Crippen molar-refractivity contribution in [2.45, 2.75) is 18.3 Å². The van der Waals surface area contributed by atoms with Crippen molar-refractivity contribution >= 4 is 21.8 Å². The average Bonchev–Trinajstić information content (AvgIpc) is 3.28. The van der Waals surface area contributed by atoms with Crippen LogP contribution in [0.2, 0.25) is 0 Å². The number of benzene rings is 1. The van der Waals surface area contributed by atoms with E-state index in [1.54, 1.807) is 12.1 Å². The van der Waals surface area contributed by atoms with Crippen LogP contribution < -0.4 is 14.8 Å². The first kappa shape index (κ1) is 16.5. The molecule has 0 atom stereocenters. The molecule has 2 aliphatic rings. The number of nitrogens with one attached hydrogen (secondary N) is 1. The van der Waals surface area contributed by atoms with Gasteiger partial charge in [0.25, 0.3) is 5.91 Å². The highest BCUT2D eigenvalue weighted by molar-refractivity contribution is 9.10. The summed E-state index contributed by atoms with van der Waals surface area (Å²) < 4.78 is 22.3. The number of hydrogen-bond acceptors (Lipinski definition) is 5. The largest absolute Gasteiger partial charge is 0.454 e. The van der Waals surface area contributed by atoms with E-state index < -0.39 is 0 Å². The van der Waals surface area contributed by atoms with Crippen molar-refractivity contribution < 1.29 is 23.4 Å². The first-order chi connectivity index (χ1) is 12.2. The maximum Gasteiger partial charge on any atom is 0.287 e. The SMILES string of the molecule is O=C(NCC1(c2ccc3c(c2)OCO3)CCOCC1)c1ccc(Br)o1. The van der Waals surface area contributed by atoms with E-state index in [9.17, 15) is 4.79 Å². The van der Waals surface area contributed by atoms with Gasteiger partial charge >= 0.3 is 0 Å². The molecule has 1 fully saturated rings. The number of halogens is 1. The first-order valence-electron chi connectivity index (χ1n) is 8.18. The van der Waals surface area contributed by atoms with Gasteiger partial charge in [-0.25, -0.2) is 0 Å². The molecule has 1 aromatic carbocycles. The van der Waals surface area contributed by atoms with E-state index in [4.69, 9.17) is 18.6 Å². The van der Waals surface area contributed by atoms with Gasteiger partial charge in [-0.05, 0) is 58.6 Å². The molecule has 2 aromatic rings. The summed E-state index contributed by atoms with van der Waals surface area (Å²) in [6.07, 6.45) is 1.66. The van der Waals surface area contributed by atoms with Gasteiger partial charge < -0.3 is 23.9 Å². The Balaban J connectivity index is 1.56. The van der Waals surface area contributed by atoms with Gasteiger partial charge in [-0.2, -0.15) is 0 Å².